The molecule has 7 nitrogen and oxygen atoms in total. The van der Waals surface area contributed by atoms with E-state index in [9.17, 15) is 27.6 Å². The molecule has 0 amide bonds. The van der Waals surface area contributed by atoms with Crippen LogP contribution in [0.4, 0.5) is 24.5 Å². The third-order valence-corrected chi connectivity index (χ3v) is 9.41. The van der Waals surface area contributed by atoms with Crippen molar-refractivity contribution in [1.82, 2.24) is 0 Å². The van der Waals surface area contributed by atoms with Crippen LogP contribution in [0, 0.1) is 0 Å². The molecule has 10 heteroatoms. The number of alkyl halides is 3. The number of unbranched alkanes of at least 4 members (excludes halogenated alkanes) is 16. The van der Waals surface area contributed by atoms with E-state index in [4.69, 9.17) is 9.47 Å². The number of nitrogens with one attached hydrogen (secondary N) is 2. The number of rotatable bonds is 31. The number of hydrogen-bond acceptors (Lipinski definition) is 7. The van der Waals surface area contributed by atoms with Gasteiger partial charge in [0.15, 0.2) is 0 Å². The van der Waals surface area contributed by atoms with Crippen molar-refractivity contribution in [3.05, 3.63) is 83.5 Å². The number of ketones is 1. The van der Waals surface area contributed by atoms with Gasteiger partial charge in [-0.3, -0.25) is 4.79 Å². The summed E-state index contributed by atoms with van der Waals surface area (Å²) in [4.78, 5) is 34.5. The molecule has 0 radical (unpaired) electrons. The molecule has 0 unspecified atom stereocenters. The summed E-state index contributed by atoms with van der Waals surface area (Å²) >= 11 is 0. The first-order valence-electron chi connectivity index (χ1n) is 20.6. The molecule has 0 bridgehead atoms. The molecule has 2 rings (SSSR count). The minimum Gasteiger partial charge on any atom is -0.462 e. The third-order valence-electron chi connectivity index (χ3n) is 9.41. The van der Waals surface area contributed by atoms with E-state index in [1.165, 1.54) is 75.6 Å². The fourth-order valence-corrected chi connectivity index (χ4v) is 6.09. The van der Waals surface area contributed by atoms with Crippen LogP contribution in [-0.2, 0) is 19.1 Å². The number of carbonyl (C=O) groups is 3. The molecule has 0 fully saturated rings. The maximum Gasteiger partial charge on any atom is 0.454 e. The molecule has 0 aliphatic heterocycles. The number of anilines is 2. The third kappa shape index (κ3) is 21.1. The summed E-state index contributed by atoms with van der Waals surface area (Å²) in [6.07, 6.45) is 19.0. The maximum absolute atomic E-state index is 12.9. The quantitative estimate of drug-likeness (QED) is 0.0259. The number of ether oxygens (including phenoxy) is 2. The lowest BCUT2D eigenvalue weighted by molar-refractivity contribution is -0.139. The van der Waals surface area contributed by atoms with E-state index in [0.717, 1.165) is 94.2 Å². The van der Waals surface area contributed by atoms with E-state index in [1.54, 1.807) is 13.8 Å². The Hall–Kier alpha value is -4.34. The highest BCUT2D eigenvalue weighted by atomic mass is 19.4. The van der Waals surface area contributed by atoms with Gasteiger partial charge in [0.05, 0.1) is 24.6 Å². The number of carbonyl (C=O) groups excluding carboxylic acids is 3. The lowest BCUT2D eigenvalue weighted by Gasteiger charge is -2.17. The molecule has 0 aromatic heterocycles. The first kappa shape index (κ1) is 47.8. The van der Waals surface area contributed by atoms with Crippen LogP contribution in [0.5, 0.6) is 0 Å². The summed E-state index contributed by atoms with van der Waals surface area (Å²) < 4.78 is 48.9. The number of halogens is 3. The van der Waals surface area contributed by atoms with Crippen molar-refractivity contribution < 1.29 is 37.0 Å². The first-order valence-corrected chi connectivity index (χ1v) is 20.6. The van der Waals surface area contributed by atoms with Crippen molar-refractivity contribution in [3.8, 4) is 0 Å². The second-order valence-corrected chi connectivity index (χ2v) is 14.6. The van der Waals surface area contributed by atoms with Gasteiger partial charge in [0.1, 0.15) is 0 Å². The Balaban J connectivity index is 1.80. The van der Waals surface area contributed by atoms with Gasteiger partial charge < -0.3 is 20.1 Å². The Kier molecular flexibility index (Phi) is 24.0. The standard InChI is InChI=1S/C46H65F3N2O5/c1-36(2)44(53)55-34-21-17-13-9-5-7-11-15-19-32-50-41-25-23-24-39(29-26-38-27-30-40(31-28-38)43(52)46(47,48)49)42(41)51-33-20-16-12-8-6-10-14-18-22-35-56-45(54)37(3)4/h23-31,50-51H,1,3,5-22,32-35H2,2,4H3. The van der Waals surface area contributed by atoms with E-state index in [1.807, 2.05) is 24.3 Å². The fourth-order valence-electron chi connectivity index (χ4n) is 6.09. The summed E-state index contributed by atoms with van der Waals surface area (Å²) in [7, 11) is 0. The molecule has 0 aliphatic rings. The first-order chi connectivity index (χ1) is 26.9. The van der Waals surface area contributed by atoms with Gasteiger partial charge >= 0.3 is 18.1 Å². The van der Waals surface area contributed by atoms with Crippen LogP contribution < -0.4 is 10.6 Å². The monoisotopic (exact) mass is 782 g/mol. The van der Waals surface area contributed by atoms with Crippen molar-refractivity contribution in [2.45, 2.75) is 136 Å². The van der Waals surface area contributed by atoms with Crippen LogP contribution in [-0.4, -0.2) is 50.2 Å². The Morgan fingerprint density at radius 1 is 0.589 bits per heavy atom. The predicted molar refractivity (Wildman–Crippen MR) is 224 cm³/mol. The molecule has 56 heavy (non-hydrogen) atoms. The average molecular weight is 783 g/mol. The Bertz CT molecular complexity index is 1520. The van der Waals surface area contributed by atoms with Crippen LogP contribution in [0.2, 0.25) is 0 Å². The normalized spacial score (nSPS) is 11.4. The molecule has 0 atom stereocenters. The second-order valence-electron chi connectivity index (χ2n) is 14.6. The van der Waals surface area contributed by atoms with Gasteiger partial charge in [0.25, 0.3) is 5.78 Å². The minimum absolute atomic E-state index is 0.314. The van der Waals surface area contributed by atoms with Gasteiger partial charge in [-0.15, -0.1) is 0 Å². The lowest BCUT2D eigenvalue weighted by Crippen LogP contribution is -2.22. The van der Waals surface area contributed by atoms with Crippen LogP contribution in [0.1, 0.15) is 151 Å². The summed E-state index contributed by atoms with van der Waals surface area (Å²) in [5.41, 5.74) is 4.17. The van der Waals surface area contributed by atoms with Crippen molar-refractivity contribution in [3.63, 3.8) is 0 Å². The van der Waals surface area contributed by atoms with Crippen molar-refractivity contribution in [1.29, 1.82) is 0 Å². The van der Waals surface area contributed by atoms with Gasteiger partial charge in [-0.2, -0.15) is 13.2 Å². The minimum atomic E-state index is -4.90. The number of benzene rings is 2. The Morgan fingerprint density at radius 2 is 1.02 bits per heavy atom. The van der Waals surface area contributed by atoms with Crippen LogP contribution in [0.3, 0.4) is 0 Å². The highest BCUT2D eigenvalue weighted by Crippen LogP contribution is 2.29. The number of Topliss-reactive ketones (excluding diaryl/α,β-unsaturated/α-hetero) is 1. The predicted octanol–water partition coefficient (Wildman–Crippen LogP) is 12.7. The van der Waals surface area contributed by atoms with E-state index in [2.05, 4.69) is 29.9 Å². The average Bonchev–Trinajstić information content (AvgIpc) is 3.17. The van der Waals surface area contributed by atoms with Gasteiger partial charge in [0.2, 0.25) is 0 Å². The zero-order valence-corrected chi connectivity index (χ0v) is 33.8. The van der Waals surface area contributed by atoms with Gasteiger partial charge in [0, 0.05) is 29.8 Å². The highest BCUT2D eigenvalue weighted by Gasteiger charge is 2.39. The van der Waals surface area contributed by atoms with Crippen molar-refractivity contribution in [2.24, 2.45) is 0 Å². The SMILES string of the molecule is C=C(C)C(=O)OCCCCCCCCCCCNc1cccc(C=Cc2ccc(C(=O)C(F)(F)F)cc2)c1NCCCCCCCCCCCOC(=O)C(=C)C. The second kappa shape index (κ2) is 28.1. The lowest BCUT2D eigenvalue weighted by atomic mass is 10.0. The van der Waals surface area contributed by atoms with Crippen LogP contribution in [0.25, 0.3) is 12.2 Å². The summed E-state index contributed by atoms with van der Waals surface area (Å²) in [5, 5.41) is 7.28. The number of esters is 2. The largest absolute Gasteiger partial charge is 0.462 e. The summed E-state index contributed by atoms with van der Waals surface area (Å²) in [6.45, 7) is 13.1. The van der Waals surface area contributed by atoms with Crippen LogP contribution >= 0.6 is 0 Å². The van der Waals surface area contributed by atoms with Gasteiger partial charge in [-0.25, -0.2) is 9.59 Å². The maximum atomic E-state index is 12.9. The van der Waals surface area contributed by atoms with Gasteiger partial charge in [-0.1, -0.05) is 152 Å². The van der Waals surface area contributed by atoms with E-state index < -0.39 is 12.0 Å². The smallest absolute Gasteiger partial charge is 0.454 e. The fraction of sp³-hybridized carbons (Fsp3) is 0.543. The zero-order chi connectivity index (χ0) is 41.0. The molecule has 0 saturated carbocycles. The molecule has 0 aliphatic carbocycles. The molecule has 2 aromatic rings. The van der Waals surface area contributed by atoms with Crippen molar-refractivity contribution in [2.75, 3.05) is 36.9 Å². The van der Waals surface area contributed by atoms with Crippen molar-refractivity contribution >= 4 is 41.2 Å². The molecule has 0 saturated heterocycles. The van der Waals surface area contributed by atoms with Gasteiger partial charge in [-0.05, 0) is 56.7 Å². The molecular formula is C46H65F3N2O5. The van der Waals surface area contributed by atoms with E-state index >= 15 is 0 Å². The topological polar surface area (TPSA) is 93.7 Å². The molecule has 2 N–H and O–H groups in total. The highest BCUT2D eigenvalue weighted by molar-refractivity contribution is 6.00. The summed E-state index contributed by atoms with van der Waals surface area (Å²) in [5.74, 6) is -2.48. The van der Waals surface area contributed by atoms with E-state index in [0.29, 0.717) is 29.9 Å². The summed E-state index contributed by atoms with van der Waals surface area (Å²) in [6, 6.07) is 11.6. The molecule has 2 aromatic carbocycles. The number of para-hydroxylation sites is 1. The molecule has 0 heterocycles. The molecule has 0 spiro atoms. The Morgan fingerprint density at radius 3 is 1.46 bits per heavy atom. The zero-order valence-electron chi connectivity index (χ0n) is 33.8. The van der Waals surface area contributed by atoms with Crippen LogP contribution in [0.15, 0.2) is 66.8 Å². The molecular weight excluding hydrogens is 718 g/mol. The molecule has 310 valence electrons. The number of hydrogen-bond donors (Lipinski definition) is 2. The van der Waals surface area contributed by atoms with E-state index in [-0.39, 0.29) is 17.5 Å². The Labute approximate surface area is 333 Å².